The number of aliphatic imine (C=N–C) groups is 2. The maximum atomic E-state index is 5.20. The van der Waals surface area contributed by atoms with E-state index < -0.39 is 0 Å². The van der Waals surface area contributed by atoms with Crippen LogP contribution in [0.25, 0.3) is 39.4 Å². The van der Waals surface area contributed by atoms with Crippen molar-refractivity contribution in [1.29, 1.82) is 0 Å². The van der Waals surface area contributed by atoms with Crippen LogP contribution in [-0.4, -0.2) is 86.1 Å². The van der Waals surface area contributed by atoms with Gasteiger partial charge in [-0.1, -0.05) is 80.6 Å². The number of aromatic nitrogens is 3. The van der Waals surface area contributed by atoms with Gasteiger partial charge in [-0.25, -0.2) is 9.97 Å². The molecule has 5 rings (SSSR count). The van der Waals surface area contributed by atoms with E-state index in [-0.39, 0.29) is 0 Å². The Labute approximate surface area is 331 Å². The fourth-order valence-corrected chi connectivity index (χ4v) is 8.40. The smallest absolute Gasteiger partial charge is 0.162 e. The van der Waals surface area contributed by atoms with Crippen LogP contribution in [0.1, 0.15) is 106 Å². The van der Waals surface area contributed by atoms with Gasteiger partial charge in [-0.05, 0) is 110 Å². The molecule has 55 heavy (non-hydrogen) atoms. The van der Waals surface area contributed by atoms with Gasteiger partial charge in [-0.15, -0.1) is 0 Å². The van der Waals surface area contributed by atoms with Crippen molar-refractivity contribution < 1.29 is 0 Å². The van der Waals surface area contributed by atoms with Crippen LogP contribution in [0.2, 0.25) is 0 Å². The lowest BCUT2D eigenvalue weighted by atomic mass is 10.0. The molecule has 2 aromatic heterocycles. The zero-order valence-corrected chi connectivity index (χ0v) is 35.2. The van der Waals surface area contributed by atoms with Crippen molar-refractivity contribution in [1.82, 2.24) is 24.3 Å². The third-order valence-corrected chi connectivity index (χ3v) is 10.8. The van der Waals surface area contributed by atoms with Gasteiger partial charge in [-0.2, -0.15) is 0 Å². The lowest BCUT2D eigenvalue weighted by molar-refractivity contribution is 0.104. The molecule has 2 atom stereocenters. The molecular weight excluding hydrogens is 675 g/mol. The molecule has 0 amide bonds. The molecule has 0 bridgehead atoms. The molecule has 0 spiro atoms. The van der Waals surface area contributed by atoms with Crippen molar-refractivity contribution >= 4 is 23.5 Å². The van der Waals surface area contributed by atoms with Crippen molar-refractivity contribution in [3.8, 4) is 28.3 Å². The number of para-hydroxylation sites is 1. The molecule has 2 heterocycles. The Hall–Kier alpha value is -4.46. The highest BCUT2D eigenvalue weighted by molar-refractivity contribution is 5.94. The summed E-state index contributed by atoms with van der Waals surface area (Å²) in [5.41, 5.74) is 7.06. The third-order valence-electron chi connectivity index (χ3n) is 10.8. The fraction of sp³-hybridized carbons (Fsp3) is 0.458. The second-order valence-electron chi connectivity index (χ2n) is 15.9. The minimum absolute atomic E-state index is 0.526. The van der Waals surface area contributed by atoms with E-state index in [1.165, 1.54) is 0 Å². The first-order chi connectivity index (χ1) is 26.5. The van der Waals surface area contributed by atoms with E-state index in [9.17, 15) is 0 Å². The van der Waals surface area contributed by atoms with Crippen molar-refractivity contribution in [2.24, 2.45) is 9.98 Å². The molecule has 0 fully saturated rings. The first-order valence-electron chi connectivity index (χ1n) is 20.7. The Balaban J connectivity index is 1.37. The number of nitrogens with zero attached hydrogens (tertiary/aromatic N) is 7. The molecule has 7 heteroatoms. The zero-order valence-electron chi connectivity index (χ0n) is 35.2. The van der Waals surface area contributed by atoms with Gasteiger partial charge in [0.2, 0.25) is 0 Å². The van der Waals surface area contributed by atoms with E-state index in [4.69, 9.17) is 20.0 Å². The Bertz CT molecular complexity index is 1940. The number of hydrogen-bond donors (Lipinski definition) is 0. The highest BCUT2D eigenvalue weighted by atomic mass is 15.2. The number of fused-ring (bicyclic) bond motifs is 1. The maximum Gasteiger partial charge on any atom is 0.162 e. The predicted octanol–water partition coefficient (Wildman–Crippen LogP) is 11.2. The van der Waals surface area contributed by atoms with Crippen LogP contribution in [0.3, 0.4) is 0 Å². The van der Waals surface area contributed by atoms with E-state index in [0.29, 0.717) is 42.1 Å². The monoisotopic (exact) mass is 740 g/mol. The second kappa shape index (κ2) is 19.9. The number of rotatable bonds is 19. The van der Waals surface area contributed by atoms with Gasteiger partial charge in [0.05, 0.1) is 5.69 Å². The molecule has 0 radical (unpaired) electrons. The van der Waals surface area contributed by atoms with Gasteiger partial charge >= 0.3 is 0 Å². The first-order valence-corrected chi connectivity index (χ1v) is 20.7. The normalized spacial score (nSPS) is 13.7. The largest absolute Gasteiger partial charge is 0.301 e. The van der Waals surface area contributed by atoms with Gasteiger partial charge in [0.15, 0.2) is 5.82 Å². The van der Waals surface area contributed by atoms with Crippen LogP contribution >= 0.6 is 0 Å². The zero-order chi connectivity index (χ0) is 39.5. The van der Waals surface area contributed by atoms with Crippen molar-refractivity contribution in [3.63, 3.8) is 0 Å². The summed E-state index contributed by atoms with van der Waals surface area (Å²) in [6.07, 6.45) is 10.5. The Kier molecular flexibility index (Phi) is 15.1. The summed E-state index contributed by atoms with van der Waals surface area (Å²) in [5.74, 6) is 0.697. The summed E-state index contributed by atoms with van der Waals surface area (Å²) < 4.78 is 2.15. The molecule has 292 valence electrons. The lowest BCUT2D eigenvalue weighted by Crippen LogP contribution is -2.45. The van der Waals surface area contributed by atoms with Crippen LogP contribution < -0.4 is 0 Å². The summed E-state index contributed by atoms with van der Waals surface area (Å²) in [7, 11) is 0. The summed E-state index contributed by atoms with van der Waals surface area (Å²) in [4.78, 5) is 25.3. The molecule has 0 saturated carbocycles. The molecule has 0 N–H and O–H groups in total. The Morgan fingerprint density at radius 1 is 0.582 bits per heavy atom. The highest BCUT2D eigenvalue weighted by Crippen LogP contribution is 2.31. The third kappa shape index (κ3) is 10.6. The number of hydrogen-bond acceptors (Lipinski definition) is 6. The Morgan fingerprint density at radius 2 is 1.05 bits per heavy atom. The summed E-state index contributed by atoms with van der Waals surface area (Å²) >= 11 is 0. The molecule has 5 aromatic rings. The molecule has 0 aliphatic heterocycles. The predicted molar refractivity (Wildman–Crippen MR) is 236 cm³/mol. The van der Waals surface area contributed by atoms with E-state index >= 15 is 0 Å². The Morgan fingerprint density at radius 3 is 1.51 bits per heavy atom. The number of benzene rings is 3. The minimum atomic E-state index is 0.526. The van der Waals surface area contributed by atoms with Crippen molar-refractivity contribution in [3.05, 3.63) is 102 Å². The van der Waals surface area contributed by atoms with Gasteiger partial charge in [0, 0.05) is 90.2 Å². The summed E-state index contributed by atoms with van der Waals surface area (Å²) in [6.45, 7) is 24.6. The molecular formula is C48H65N7. The highest BCUT2D eigenvalue weighted by Gasteiger charge is 2.23. The van der Waals surface area contributed by atoms with Crippen LogP contribution in [0.4, 0.5) is 0 Å². The molecule has 3 aromatic carbocycles. The van der Waals surface area contributed by atoms with E-state index in [1.807, 2.05) is 18.5 Å². The molecule has 0 saturated heterocycles. The second-order valence-corrected chi connectivity index (χ2v) is 15.9. The SMILES string of the molecule is CCC(CCN=Cc1ccc(-c2nc(-c3ccc(C=NCCC(CC)N(C(C)C)C(C)C)cc3)c3ccn(-c4ccccc4)c3n2)cc1)N(C(C)C)C(C)C. The maximum absolute atomic E-state index is 5.20. The molecule has 0 aliphatic rings. The van der Waals surface area contributed by atoms with E-state index in [0.717, 1.165) is 83.4 Å². The minimum Gasteiger partial charge on any atom is -0.301 e. The van der Waals surface area contributed by atoms with Crippen LogP contribution in [0.15, 0.2) is 101 Å². The summed E-state index contributed by atoms with van der Waals surface area (Å²) in [5, 5.41) is 1.02. The average molecular weight is 740 g/mol. The molecule has 0 aliphatic carbocycles. The van der Waals surface area contributed by atoms with Crippen LogP contribution in [0.5, 0.6) is 0 Å². The van der Waals surface area contributed by atoms with Crippen LogP contribution in [-0.2, 0) is 0 Å². The lowest BCUT2D eigenvalue weighted by Gasteiger charge is -2.37. The van der Waals surface area contributed by atoms with Gasteiger partial charge < -0.3 is 4.57 Å². The van der Waals surface area contributed by atoms with Gasteiger partial charge in [0.25, 0.3) is 0 Å². The van der Waals surface area contributed by atoms with E-state index in [2.05, 4.69) is 169 Å². The van der Waals surface area contributed by atoms with Gasteiger partial charge in [-0.3, -0.25) is 19.8 Å². The molecule has 7 nitrogen and oxygen atoms in total. The topological polar surface area (TPSA) is 61.9 Å². The van der Waals surface area contributed by atoms with Crippen molar-refractivity contribution in [2.75, 3.05) is 13.1 Å². The van der Waals surface area contributed by atoms with Gasteiger partial charge in [0.1, 0.15) is 5.65 Å². The quantitative estimate of drug-likeness (QED) is 0.0791. The van der Waals surface area contributed by atoms with Crippen molar-refractivity contribution in [2.45, 2.75) is 131 Å². The standard InChI is InChI=1S/C48H65N7/c1-11-42(54(34(3)4)35(5)6)26-29-49-32-38-18-22-40(23-19-38)46-45-28-31-53(44-16-14-13-15-17-44)48(45)52-47(51-46)41-24-20-39(21-25-41)33-50-30-27-43(12-2)55(36(7)8)37(9)10/h13-25,28,31-37,42-43H,11-12,26-27,29-30H2,1-10H3. The first kappa shape index (κ1) is 41.7. The van der Waals surface area contributed by atoms with E-state index in [1.54, 1.807) is 0 Å². The molecule has 2 unspecified atom stereocenters. The van der Waals surface area contributed by atoms with Crippen LogP contribution in [0, 0.1) is 0 Å². The average Bonchev–Trinajstić information content (AvgIpc) is 3.61. The fourth-order valence-electron chi connectivity index (χ4n) is 8.40. The summed E-state index contributed by atoms with van der Waals surface area (Å²) in [6, 6.07) is 32.8.